The van der Waals surface area contributed by atoms with Gasteiger partial charge in [-0.2, -0.15) is 26.9 Å². The van der Waals surface area contributed by atoms with Gasteiger partial charge in [0.2, 0.25) is 5.97 Å². The second-order valence-corrected chi connectivity index (χ2v) is 3.71. The number of nitrogens with zero attached hydrogens (tertiary/aromatic N) is 1. The zero-order valence-electron chi connectivity index (χ0n) is 6.35. The Bertz CT molecular complexity index is 323. The lowest BCUT2D eigenvalue weighted by molar-refractivity contribution is -0.235. The molecule has 2 unspecified atom stereocenters. The van der Waals surface area contributed by atoms with E-state index >= 15 is 0 Å². The second kappa shape index (κ2) is 2.91. The Morgan fingerprint density at radius 3 is 1.73 bits per heavy atom. The van der Waals surface area contributed by atoms with Gasteiger partial charge in [-0.05, 0) is 0 Å². The van der Waals surface area contributed by atoms with Crippen molar-refractivity contribution in [1.82, 2.24) is 0 Å². The lowest BCUT2D eigenvalue weighted by Gasteiger charge is -2.39. The topological polar surface area (TPSA) is 12.4 Å². The highest BCUT2D eigenvalue weighted by molar-refractivity contribution is 6.36. The Morgan fingerprint density at radius 1 is 0.933 bits per heavy atom. The summed E-state index contributed by atoms with van der Waals surface area (Å²) in [6, 6.07) is -5.33. The van der Waals surface area contributed by atoms with Crippen molar-refractivity contribution in [2.45, 2.75) is 22.2 Å². The molecule has 10 heteroatoms. The van der Waals surface area contributed by atoms with Crippen LogP contribution in [-0.2, 0) is 0 Å². The summed E-state index contributed by atoms with van der Waals surface area (Å²) >= 11 is 8.39. The third-order valence-corrected chi connectivity index (χ3v) is 2.52. The zero-order chi connectivity index (χ0) is 12.3. The fraction of sp³-hybridized carbons (Fsp3) is 0.800. The summed E-state index contributed by atoms with van der Waals surface area (Å²) in [5.74, 6) is -8.62. The van der Waals surface area contributed by atoms with Crippen molar-refractivity contribution in [2.24, 2.45) is 4.99 Å². The average Bonchev–Trinajstić information content (AvgIpc) is 2.00. The van der Waals surface area contributed by atoms with Crippen molar-refractivity contribution in [3.05, 3.63) is 0 Å². The molecule has 0 aromatic heterocycles. The molecular weight excluding hydrogens is 278 g/mol. The lowest BCUT2D eigenvalue weighted by atomic mass is 10.0. The molecule has 1 nitrogen and oxygen atoms in total. The average molecular weight is 278 g/mol. The summed E-state index contributed by atoms with van der Waals surface area (Å²) in [7, 11) is 0. The molecule has 0 aromatic carbocycles. The van der Waals surface area contributed by atoms with Crippen molar-refractivity contribution in [2.75, 3.05) is 0 Å². The number of halogens is 9. The van der Waals surface area contributed by atoms with E-state index in [-0.39, 0.29) is 0 Å². The van der Waals surface area contributed by atoms with Crippen molar-refractivity contribution in [3.63, 3.8) is 0 Å². The Hall–Kier alpha value is -0.240. The van der Waals surface area contributed by atoms with Crippen LogP contribution < -0.4 is 0 Å². The first kappa shape index (κ1) is 12.8. The fourth-order valence-corrected chi connectivity index (χ4v) is 1.17. The van der Waals surface area contributed by atoms with Gasteiger partial charge in [-0.25, -0.2) is 8.78 Å². The van der Waals surface area contributed by atoms with E-state index < -0.39 is 28.2 Å². The summed E-state index contributed by atoms with van der Waals surface area (Å²) in [4.78, 5) is 1.44. The molecule has 0 N–H and O–H groups in total. The van der Waals surface area contributed by atoms with Crippen molar-refractivity contribution >= 4 is 29.2 Å². The van der Waals surface area contributed by atoms with Gasteiger partial charge in [-0.1, -0.05) is 23.2 Å². The van der Waals surface area contributed by atoms with Crippen molar-refractivity contribution < 1.29 is 30.7 Å². The van der Waals surface area contributed by atoms with E-state index in [1.807, 2.05) is 0 Å². The largest absolute Gasteiger partial charge is 0.398 e. The third kappa shape index (κ3) is 1.33. The molecule has 1 rings (SSSR count). The van der Waals surface area contributed by atoms with Crippen LogP contribution in [0.15, 0.2) is 4.99 Å². The highest BCUT2D eigenvalue weighted by atomic mass is 35.5. The van der Waals surface area contributed by atoms with Gasteiger partial charge in [0.15, 0.2) is 0 Å². The quantitative estimate of drug-likeness (QED) is 0.366. The Labute approximate surface area is 87.9 Å². The molecule has 0 aromatic rings. The predicted molar refractivity (Wildman–Crippen MR) is 37.8 cm³/mol. The highest BCUT2D eigenvalue weighted by Gasteiger charge is 2.83. The van der Waals surface area contributed by atoms with E-state index in [1.54, 1.807) is 0 Å². The number of alkyl halides is 8. The van der Waals surface area contributed by atoms with Crippen LogP contribution in [0.4, 0.5) is 30.7 Å². The first-order chi connectivity index (χ1) is 6.38. The maximum Gasteiger partial charge on any atom is 0.398 e. The number of hydrogen-bond acceptors (Lipinski definition) is 1. The molecule has 0 fully saturated rings. The van der Waals surface area contributed by atoms with Gasteiger partial charge in [-0.15, -0.1) is 0 Å². The Morgan fingerprint density at radius 2 is 1.33 bits per heavy atom. The molecular formula is C5Cl2F7N. The molecule has 0 aliphatic carbocycles. The van der Waals surface area contributed by atoms with Crippen molar-refractivity contribution in [3.8, 4) is 0 Å². The fourth-order valence-electron chi connectivity index (χ4n) is 0.779. The molecule has 1 aliphatic rings. The number of aliphatic imine (C=N–C) groups is 1. The predicted octanol–water partition coefficient (Wildman–Crippen LogP) is 3.41. The Kier molecular flexibility index (Phi) is 2.49. The van der Waals surface area contributed by atoms with E-state index in [4.69, 9.17) is 0 Å². The van der Waals surface area contributed by atoms with E-state index in [1.165, 1.54) is 4.99 Å². The SMILES string of the molecule is FC1=NC(F)(F)C(F)(Cl)C(F)(F)C1(F)Cl. The molecule has 0 radical (unpaired) electrons. The summed E-state index contributed by atoms with van der Waals surface area (Å²) in [5.41, 5.74) is 0. The molecule has 0 saturated carbocycles. The molecule has 0 saturated heterocycles. The molecule has 1 heterocycles. The van der Waals surface area contributed by atoms with Crippen LogP contribution in [0, 0.1) is 0 Å². The summed E-state index contributed by atoms with van der Waals surface area (Å²) < 4.78 is 88.1. The molecule has 1 aliphatic heterocycles. The van der Waals surface area contributed by atoms with E-state index in [2.05, 4.69) is 23.2 Å². The van der Waals surface area contributed by atoms with Crippen molar-refractivity contribution in [1.29, 1.82) is 0 Å². The van der Waals surface area contributed by atoms with Crippen LogP contribution in [0.3, 0.4) is 0 Å². The minimum absolute atomic E-state index is 1.44. The zero-order valence-corrected chi connectivity index (χ0v) is 7.86. The summed E-state index contributed by atoms with van der Waals surface area (Å²) in [6.45, 7) is 0. The minimum atomic E-state index is -5.68. The highest BCUT2D eigenvalue weighted by Crippen LogP contribution is 2.58. The van der Waals surface area contributed by atoms with Crippen LogP contribution in [-0.4, -0.2) is 28.2 Å². The van der Waals surface area contributed by atoms with Gasteiger partial charge in [0.05, 0.1) is 0 Å². The van der Waals surface area contributed by atoms with Crippen LogP contribution in [0.1, 0.15) is 0 Å². The number of rotatable bonds is 0. The molecule has 0 bridgehead atoms. The molecule has 88 valence electrons. The number of hydrogen-bond donors (Lipinski definition) is 0. The molecule has 0 amide bonds. The van der Waals surface area contributed by atoms with Crippen LogP contribution in [0.25, 0.3) is 0 Å². The van der Waals surface area contributed by atoms with E-state index in [0.717, 1.165) is 0 Å². The van der Waals surface area contributed by atoms with Gasteiger partial charge in [-0.3, -0.25) is 0 Å². The second-order valence-electron chi connectivity index (χ2n) is 2.67. The van der Waals surface area contributed by atoms with Crippen LogP contribution in [0.5, 0.6) is 0 Å². The smallest absolute Gasteiger partial charge is 0.210 e. The van der Waals surface area contributed by atoms with Gasteiger partial charge in [0.25, 0.3) is 0 Å². The van der Waals surface area contributed by atoms with Gasteiger partial charge in [0.1, 0.15) is 0 Å². The monoisotopic (exact) mass is 277 g/mol. The van der Waals surface area contributed by atoms with Gasteiger partial charge < -0.3 is 0 Å². The first-order valence-corrected chi connectivity index (χ1v) is 3.90. The van der Waals surface area contributed by atoms with E-state index in [0.29, 0.717) is 0 Å². The van der Waals surface area contributed by atoms with Crippen LogP contribution >= 0.6 is 23.2 Å². The standard InChI is InChI=1S/C5Cl2F7N/c6-2(9)1(8)15-5(13,14)3(7,10)4(2,11)12. The maximum absolute atomic E-state index is 12.8. The van der Waals surface area contributed by atoms with Gasteiger partial charge in [0, 0.05) is 0 Å². The maximum atomic E-state index is 12.8. The lowest BCUT2D eigenvalue weighted by Crippen LogP contribution is -2.66. The molecule has 2 atom stereocenters. The minimum Gasteiger partial charge on any atom is -0.210 e. The summed E-state index contributed by atoms with van der Waals surface area (Å²) in [6.07, 6.45) is 0. The van der Waals surface area contributed by atoms with E-state index in [9.17, 15) is 30.7 Å². The normalized spacial score (nSPS) is 43.7. The summed E-state index contributed by atoms with van der Waals surface area (Å²) in [5, 5.41) is -10.1. The third-order valence-electron chi connectivity index (χ3n) is 1.66. The molecule has 15 heavy (non-hydrogen) atoms. The molecule has 0 spiro atoms. The first-order valence-electron chi connectivity index (χ1n) is 3.15. The van der Waals surface area contributed by atoms with Gasteiger partial charge >= 0.3 is 22.2 Å². The van der Waals surface area contributed by atoms with Crippen LogP contribution in [0.2, 0.25) is 0 Å². The Balaban J connectivity index is 3.49.